The van der Waals surface area contributed by atoms with Gasteiger partial charge < -0.3 is 10.3 Å². The highest BCUT2D eigenvalue weighted by Gasteiger charge is 2.48. The van der Waals surface area contributed by atoms with Crippen LogP contribution < -0.4 is 5.73 Å². The minimum absolute atomic E-state index is 0.0303. The van der Waals surface area contributed by atoms with E-state index in [1.165, 1.54) is 0 Å². The second kappa shape index (κ2) is 2.80. The third-order valence-corrected chi connectivity index (χ3v) is 2.71. The Hall–Kier alpha value is -0.900. The first-order valence-corrected chi connectivity index (χ1v) is 4.55. The molecule has 1 saturated carbocycles. The number of aryl methyl sites for hydroxylation is 1. The van der Waals surface area contributed by atoms with Crippen LogP contribution in [-0.2, 0) is 12.7 Å². The lowest BCUT2D eigenvalue weighted by Crippen LogP contribution is -2.35. The van der Waals surface area contributed by atoms with Crippen molar-refractivity contribution in [1.82, 2.24) is 9.55 Å². The standard InChI is InChI=1S/C9H14FN3/c1-13-5-4-12-8(13)9(10,6-11)7-2-3-7/h4-5,7H,2-3,6,11H2,1H3. The molecule has 1 aliphatic carbocycles. The maximum atomic E-state index is 14.3. The summed E-state index contributed by atoms with van der Waals surface area (Å²) in [6.07, 6.45) is 5.23. The van der Waals surface area contributed by atoms with E-state index in [9.17, 15) is 4.39 Å². The van der Waals surface area contributed by atoms with Gasteiger partial charge >= 0.3 is 0 Å². The molecule has 3 nitrogen and oxygen atoms in total. The molecule has 1 aromatic rings. The van der Waals surface area contributed by atoms with Gasteiger partial charge in [0.1, 0.15) is 5.82 Å². The van der Waals surface area contributed by atoms with Crippen LogP contribution in [0.3, 0.4) is 0 Å². The molecule has 1 unspecified atom stereocenters. The Morgan fingerprint density at radius 1 is 1.77 bits per heavy atom. The number of alkyl halides is 1. The summed E-state index contributed by atoms with van der Waals surface area (Å²) >= 11 is 0. The average Bonchev–Trinajstić information content (AvgIpc) is 2.89. The van der Waals surface area contributed by atoms with Crippen LogP contribution in [0.4, 0.5) is 4.39 Å². The lowest BCUT2D eigenvalue weighted by atomic mass is 9.99. The second-order valence-corrected chi connectivity index (χ2v) is 3.70. The number of nitrogens with zero attached hydrogens (tertiary/aromatic N) is 2. The van der Waals surface area contributed by atoms with Crippen molar-refractivity contribution >= 4 is 0 Å². The zero-order valence-electron chi connectivity index (χ0n) is 7.70. The van der Waals surface area contributed by atoms with Crippen molar-refractivity contribution in [3.63, 3.8) is 0 Å². The smallest absolute Gasteiger partial charge is 0.183 e. The first-order chi connectivity index (χ1) is 6.18. The molecule has 0 saturated heterocycles. The van der Waals surface area contributed by atoms with Crippen molar-refractivity contribution in [2.24, 2.45) is 18.7 Å². The van der Waals surface area contributed by atoms with E-state index in [2.05, 4.69) is 4.98 Å². The zero-order chi connectivity index (χ0) is 9.47. The van der Waals surface area contributed by atoms with E-state index in [4.69, 9.17) is 5.73 Å². The molecule has 0 radical (unpaired) electrons. The maximum Gasteiger partial charge on any atom is 0.183 e. The summed E-state index contributed by atoms with van der Waals surface area (Å²) in [6, 6.07) is 0. The Balaban J connectivity index is 2.35. The lowest BCUT2D eigenvalue weighted by Gasteiger charge is -2.22. The van der Waals surface area contributed by atoms with Crippen molar-refractivity contribution in [2.45, 2.75) is 18.5 Å². The van der Waals surface area contributed by atoms with Gasteiger partial charge in [-0.3, -0.25) is 0 Å². The molecule has 1 aliphatic rings. The SMILES string of the molecule is Cn1ccnc1C(F)(CN)C1CC1. The van der Waals surface area contributed by atoms with Gasteiger partial charge in [-0.2, -0.15) is 0 Å². The number of nitrogens with two attached hydrogens (primary N) is 1. The number of hydrogen-bond donors (Lipinski definition) is 1. The van der Waals surface area contributed by atoms with Crippen LogP contribution >= 0.6 is 0 Å². The third kappa shape index (κ3) is 1.25. The van der Waals surface area contributed by atoms with Crippen molar-refractivity contribution in [1.29, 1.82) is 0 Å². The number of halogens is 1. The van der Waals surface area contributed by atoms with Crippen LogP contribution in [0.2, 0.25) is 0 Å². The first-order valence-electron chi connectivity index (χ1n) is 4.55. The molecule has 2 rings (SSSR count). The fourth-order valence-electron chi connectivity index (χ4n) is 1.75. The summed E-state index contributed by atoms with van der Waals surface area (Å²) in [7, 11) is 1.80. The van der Waals surface area contributed by atoms with Crippen LogP contribution in [-0.4, -0.2) is 16.1 Å². The summed E-state index contributed by atoms with van der Waals surface area (Å²) in [4.78, 5) is 4.03. The van der Waals surface area contributed by atoms with E-state index in [1.807, 2.05) is 0 Å². The molecule has 0 amide bonds. The number of imidazole rings is 1. The summed E-state index contributed by atoms with van der Waals surface area (Å²) < 4.78 is 16.0. The normalized spacial score (nSPS) is 21.5. The van der Waals surface area contributed by atoms with Gasteiger partial charge in [0, 0.05) is 31.9 Å². The summed E-state index contributed by atoms with van der Waals surface area (Å²) in [5, 5.41) is 0. The van der Waals surface area contributed by atoms with Gasteiger partial charge in [0.15, 0.2) is 5.67 Å². The maximum absolute atomic E-state index is 14.3. The molecule has 1 heterocycles. The molecule has 0 aliphatic heterocycles. The minimum Gasteiger partial charge on any atom is -0.335 e. The number of rotatable bonds is 3. The van der Waals surface area contributed by atoms with E-state index in [-0.39, 0.29) is 12.5 Å². The van der Waals surface area contributed by atoms with Gasteiger partial charge in [-0.25, -0.2) is 9.37 Å². The molecule has 1 atom stereocenters. The Bertz CT molecular complexity index is 306. The van der Waals surface area contributed by atoms with Crippen LogP contribution in [0.25, 0.3) is 0 Å². The molecule has 2 N–H and O–H groups in total. The van der Waals surface area contributed by atoms with E-state index >= 15 is 0 Å². The Kier molecular flexibility index (Phi) is 1.87. The predicted octanol–water partition coefficient (Wildman–Crippen LogP) is 0.954. The van der Waals surface area contributed by atoms with Crippen molar-refractivity contribution in [2.75, 3.05) is 6.54 Å². The molecule has 0 bridgehead atoms. The molecule has 13 heavy (non-hydrogen) atoms. The highest BCUT2D eigenvalue weighted by molar-refractivity contribution is 5.11. The monoisotopic (exact) mass is 183 g/mol. The van der Waals surface area contributed by atoms with Crippen molar-refractivity contribution < 1.29 is 4.39 Å². The van der Waals surface area contributed by atoms with Gasteiger partial charge in [-0.15, -0.1) is 0 Å². The van der Waals surface area contributed by atoms with Gasteiger partial charge in [0.05, 0.1) is 0 Å². The second-order valence-electron chi connectivity index (χ2n) is 3.70. The van der Waals surface area contributed by atoms with E-state index in [1.54, 1.807) is 24.0 Å². The highest BCUT2D eigenvalue weighted by Crippen LogP contribution is 2.47. The molecular weight excluding hydrogens is 169 g/mol. The van der Waals surface area contributed by atoms with E-state index in [0.29, 0.717) is 5.82 Å². The third-order valence-electron chi connectivity index (χ3n) is 2.71. The van der Waals surface area contributed by atoms with E-state index in [0.717, 1.165) is 12.8 Å². The molecule has 1 aromatic heterocycles. The summed E-state index contributed by atoms with van der Waals surface area (Å²) in [5.74, 6) is 0.552. The van der Waals surface area contributed by atoms with Crippen molar-refractivity contribution in [3.05, 3.63) is 18.2 Å². The highest BCUT2D eigenvalue weighted by atomic mass is 19.1. The Morgan fingerprint density at radius 2 is 2.46 bits per heavy atom. The van der Waals surface area contributed by atoms with Gasteiger partial charge in [0.25, 0.3) is 0 Å². The number of aromatic nitrogens is 2. The van der Waals surface area contributed by atoms with Crippen LogP contribution in [0, 0.1) is 5.92 Å². The van der Waals surface area contributed by atoms with Crippen molar-refractivity contribution in [3.8, 4) is 0 Å². The lowest BCUT2D eigenvalue weighted by molar-refractivity contribution is 0.126. The zero-order valence-corrected chi connectivity index (χ0v) is 7.70. The predicted molar refractivity (Wildman–Crippen MR) is 47.8 cm³/mol. The van der Waals surface area contributed by atoms with Crippen LogP contribution in [0.1, 0.15) is 18.7 Å². The van der Waals surface area contributed by atoms with Gasteiger partial charge in [0.2, 0.25) is 0 Å². The quantitative estimate of drug-likeness (QED) is 0.758. The Labute approximate surface area is 76.8 Å². The summed E-state index contributed by atoms with van der Waals surface area (Å²) in [5.41, 5.74) is 4.08. The van der Waals surface area contributed by atoms with Crippen LogP contribution in [0.5, 0.6) is 0 Å². The fraction of sp³-hybridized carbons (Fsp3) is 0.667. The average molecular weight is 183 g/mol. The molecule has 0 spiro atoms. The van der Waals surface area contributed by atoms with Crippen LogP contribution in [0.15, 0.2) is 12.4 Å². The van der Waals surface area contributed by atoms with Gasteiger partial charge in [-0.05, 0) is 12.8 Å². The molecule has 72 valence electrons. The molecule has 0 aromatic carbocycles. The van der Waals surface area contributed by atoms with Gasteiger partial charge in [-0.1, -0.05) is 0 Å². The first kappa shape index (κ1) is 8.69. The topological polar surface area (TPSA) is 43.8 Å². The fourth-order valence-corrected chi connectivity index (χ4v) is 1.75. The van der Waals surface area contributed by atoms with E-state index < -0.39 is 5.67 Å². The summed E-state index contributed by atoms with van der Waals surface area (Å²) in [6.45, 7) is 0.0303. The largest absolute Gasteiger partial charge is 0.335 e. The molecular formula is C9H14FN3. The molecule has 4 heteroatoms. The molecule has 1 fully saturated rings. The number of hydrogen-bond acceptors (Lipinski definition) is 2. The minimum atomic E-state index is -1.40. The Morgan fingerprint density at radius 3 is 2.85 bits per heavy atom.